The van der Waals surface area contributed by atoms with Crippen molar-refractivity contribution in [2.45, 2.75) is 44.1 Å². The first-order valence-corrected chi connectivity index (χ1v) is 11.1. The van der Waals surface area contributed by atoms with Gasteiger partial charge in [0.1, 0.15) is 5.60 Å². The van der Waals surface area contributed by atoms with E-state index in [2.05, 4.69) is 9.46 Å². The molecule has 1 aromatic rings. The summed E-state index contributed by atoms with van der Waals surface area (Å²) in [5.41, 5.74) is -0.448. The smallest absolute Gasteiger partial charge is 0.410 e. The molecule has 1 saturated heterocycles. The van der Waals surface area contributed by atoms with Crippen LogP contribution in [0.5, 0.6) is 0 Å². The lowest BCUT2D eigenvalue weighted by molar-refractivity contribution is 0.0185. The molecular formula is C19H27ClN2O6S. The number of amides is 1. The molecule has 29 heavy (non-hydrogen) atoms. The van der Waals surface area contributed by atoms with Crippen molar-refractivity contribution < 1.29 is 27.5 Å². The Hall–Kier alpha value is -1.84. The topological polar surface area (TPSA) is 102 Å². The third-order valence-corrected chi connectivity index (χ3v) is 6.22. The predicted molar refractivity (Wildman–Crippen MR) is 109 cm³/mol. The SMILES string of the molecule is COC(=O)c1ccc(S(=O)(=O)NCC2CCN(C(=O)OC(C)(C)C)CC2)cc1Cl. The van der Waals surface area contributed by atoms with E-state index in [1.807, 2.05) is 20.8 Å². The highest BCUT2D eigenvalue weighted by Crippen LogP contribution is 2.23. The van der Waals surface area contributed by atoms with E-state index < -0.39 is 21.6 Å². The summed E-state index contributed by atoms with van der Waals surface area (Å²) >= 11 is 6.01. The number of esters is 1. The monoisotopic (exact) mass is 446 g/mol. The van der Waals surface area contributed by atoms with Gasteiger partial charge in [-0.15, -0.1) is 0 Å². The lowest BCUT2D eigenvalue weighted by atomic mass is 9.97. The van der Waals surface area contributed by atoms with Crippen molar-refractivity contribution in [1.82, 2.24) is 9.62 Å². The molecule has 8 nitrogen and oxygen atoms in total. The number of likely N-dealkylation sites (tertiary alicyclic amines) is 1. The summed E-state index contributed by atoms with van der Waals surface area (Å²) < 4.78 is 37.6. The van der Waals surface area contributed by atoms with Crippen molar-refractivity contribution in [2.24, 2.45) is 5.92 Å². The van der Waals surface area contributed by atoms with Crippen molar-refractivity contribution in [3.63, 3.8) is 0 Å². The summed E-state index contributed by atoms with van der Waals surface area (Å²) in [6, 6.07) is 3.86. The molecule has 0 bridgehead atoms. The van der Waals surface area contributed by atoms with E-state index in [9.17, 15) is 18.0 Å². The zero-order chi connectivity index (χ0) is 21.8. The number of nitrogens with zero attached hydrogens (tertiary/aromatic N) is 1. The van der Waals surface area contributed by atoms with Gasteiger partial charge in [0.2, 0.25) is 10.0 Å². The van der Waals surface area contributed by atoms with Gasteiger partial charge < -0.3 is 14.4 Å². The number of hydrogen-bond acceptors (Lipinski definition) is 6. The third kappa shape index (κ3) is 6.58. The maximum Gasteiger partial charge on any atom is 0.410 e. The maximum absolute atomic E-state index is 12.5. The molecule has 0 unspecified atom stereocenters. The number of piperidine rings is 1. The molecule has 162 valence electrons. The highest BCUT2D eigenvalue weighted by Gasteiger charge is 2.28. The van der Waals surface area contributed by atoms with Gasteiger partial charge in [-0.1, -0.05) is 11.6 Å². The van der Waals surface area contributed by atoms with Crippen molar-refractivity contribution in [1.29, 1.82) is 0 Å². The van der Waals surface area contributed by atoms with E-state index in [-0.39, 0.29) is 34.0 Å². The van der Waals surface area contributed by atoms with Crippen LogP contribution in [0, 0.1) is 5.92 Å². The van der Waals surface area contributed by atoms with Gasteiger partial charge in [-0.05, 0) is 57.7 Å². The summed E-state index contributed by atoms with van der Waals surface area (Å²) in [5, 5.41) is 0.00499. The largest absolute Gasteiger partial charge is 0.465 e. The molecule has 1 N–H and O–H groups in total. The van der Waals surface area contributed by atoms with Crippen molar-refractivity contribution in [2.75, 3.05) is 26.7 Å². The van der Waals surface area contributed by atoms with E-state index in [0.717, 1.165) is 0 Å². The van der Waals surface area contributed by atoms with Gasteiger partial charge in [0, 0.05) is 19.6 Å². The Labute approximate surface area is 176 Å². The van der Waals surface area contributed by atoms with Gasteiger partial charge in [0.05, 0.1) is 22.6 Å². The van der Waals surface area contributed by atoms with Crippen LogP contribution in [-0.2, 0) is 19.5 Å². The average molecular weight is 447 g/mol. The number of carbonyl (C=O) groups excluding carboxylic acids is 2. The van der Waals surface area contributed by atoms with E-state index in [1.54, 1.807) is 4.90 Å². The molecule has 1 fully saturated rings. The molecule has 0 aliphatic carbocycles. The second-order valence-corrected chi connectivity index (χ2v) is 10.1. The number of hydrogen-bond donors (Lipinski definition) is 1. The van der Waals surface area contributed by atoms with E-state index in [1.165, 1.54) is 25.3 Å². The Morgan fingerprint density at radius 3 is 2.38 bits per heavy atom. The summed E-state index contributed by atoms with van der Waals surface area (Å²) in [4.78, 5) is 25.3. The number of nitrogens with one attached hydrogen (secondary N) is 1. The van der Waals surface area contributed by atoms with E-state index in [4.69, 9.17) is 16.3 Å². The fourth-order valence-electron chi connectivity index (χ4n) is 2.90. The van der Waals surface area contributed by atoms with Gasteiger partial charge in [0.15, 0.2) is 0 Å². The van der Waals surface area contributed by atoms with Crippen LogP contribution in [0.3, 0.4) is 0 Å². The normalized spacial score (nSPS) is 15.8. The molecule has 0 aromatic heterocycles. The molecule has 1 amide bonds. The summed E-state index contributed by atoms with van der Waals surface area (Å²) in [7, 11) is -2.56. The first-order chi connectivity index (χ1) is 13.4. The Kier molecular flexibility index (Phi) is 7.53. The molecule has 1 aliphatic rings. The molecular weight excluding hydrogens is 420 g/mol. The van der Waals surface area contributed by atoms with Crippen LogP contribution < -0.4 is 4.72 Å². The van der Waals surface area contributed by atoms with Gasteiger partial charge in [-0.2, -0.15) is 0 Å². The molecule has 0 radical (unpaired) electrons. The number of rotatable bonds is 5. The van der Waals surface area contributed by atoms with Crippen LogP contribution in [-0.4, -0.2) is 57.7 Å². The van der Waals surface area contributed by atoms with Crippen molar-refractivity contribution >= 4 is 33.7 Å². The first kappa shape index (κ1) is 23.4. The fraction of sp³-hybridized carbons (Fsp3) is 0.579. The van der Waals surface area contributed by atoms with Crippen molar-refractivity contribution in [3.05, 3.63) is 28.8 Å². The fourth-order valence-corrected chi connectivity index (χ4v) is 4.36. The van der Waals surface area contributed by atoms with Gasteiger partial charge in [0.25, 0.3) is 0 Å². The van der Waals surface area contributed by atoms with Gasteiger partial charge >= 0.3 is 12.1 Å². The van der Waals surface area contributed by atoms with Crippen LogP contribution in [0.1, 0.15) is 44.0 Å². The molecule has 1 heterocycles. The zero-order valence-electron chi connectivity index (χ0n) is 17.0. The zero-order valence-corrected chi connectivity index (χ0v) is 18.6. The molecule has 1 aromatic carbocycles. The second kappa shape index (κ2) is 9.32. The van der Waals surface area contributed by atoms with Crippen LogP contribution >= 0.6 is 11.6 Å². The van der Waals surface area contributed by atoms with Crippen LogP contribution in [0.2, 0.25) is 5.02 Å². The number of sulfonamides is 1. The van der Waals surface area contributed by atoms with Crippen LogP contribution in [0.4, 0.5) is 4.79 Å². The number of ether oxygens (including phenoxy) is 2. The minimum absolute atomic E-state index is 0.00499. The van der Waals surface area contributed by atoms with E-state index >= 15 is 0 Å². The highest BCUT2D eigenvalue weighted by atomic mass is 35.5. The van der Waals surface area contributed by atoms with E-state index in [0.29, 0.717) is 25.9 Å². The molecule has 0 spiro atoms. The number of methoxy groups -OCH3 is 1. The lowest BCUT2D eigenvalue weighted by Gasteiger charge is -2.33. The highest BCUT2D eigenvalue weighted by molar-refractivity contribution is 7.89. The Morgan fingerprint density at radius 2 is 1.86 bits per heavy atom. The summed E-state index contributed by atoms with van der Waals surface area (Å²) in [5.74, 6) is -0.531. The minimum atomic E-state index is -3.78. The van der Waals surface area contributed by atoms with Crippen LogP contribution in [0.15, 0.2) is 23.1 Å². The Morgan fingerprint density at radius 1 is 1.24 bits per heavy atom. The van der Waals surface area contributed by atoms with Crippen molar-refractivity contribution in [3.8, 4) is 0 Å². The molecule has 2 rings (SSSR count). The molecule has 0 saturated carbocycles. The number of benzene rings is 1. The molecule has 0 atom stereocenters. The summed E-state index contributed by atoms with van der Waals surface area (Å²) in [6.07, 6.45) is 0.991. The standard InChI is InChI=1S/C19H27ClN2O6S/c1-19(2,3)28-18(24)22-9-7-13(8-10-22)12-21-29(25,26)14-5-6-15(16(20)11-14)17(23)27-4/h5-6,11,13,21H,7-10,12H2,1-4H3. The summed E-state index contributed by atoms with van der Waals surface area (Å²) in [6.45, 7) is 6.73. The quantitative estimate of drug-likeness (QED) is 0.697. The average Bonchev–Trinajstić information content (AvgIpc) is 2.64. The lowest BCUT2D eigenvalue weighted by Crippen LogP contribution is -2.43. The van der Waals surface area contributed by atoms with Crippen LogP contribution in [0.25, 0.3) is 0 Å². The molecule has 10 heteroatoms. The second-order valence-electron chi connectivity index (χ2n) is 7.90. The third-order valence-electron chi connectivity index (χ3n) is 4.48. The Balaban J connectivity index is 1.91. The Bertz CT molecular complexity index is 858. The van der Waals surface area contributed by atoms with Gasteiger partial charge in [-0.3, -0.25) is 0 Å². The first-order valence-electron chi connectivity index (χ1n) is 9.28. The number of halogens is 1. The maximum atomic E-state index is 12.5. The minimum Gasteiger partial charge on any atom is -0.465 e. The number of carbonyl (C=O) groups is 2. The van der Waals surface area contributed by atoms with Gasteiger partial charge in [-0.25, -0.2) is 22.7 Å². The molecule has 1 aliphatic heterocycles. The predicted octanol–water partition coefficient (Wildman–Crippen LogP) is 3.05.